The van der Waals surface area contributed by atoms with Gasteiger partial charge in [0.1, 0.15) is 0 Å². The van der Waals surface area contributed by atoms with Crippen LogP contribution >= 0.6 is 0 Å². The number of amides is 3. The van der Waals surface area contributed by atoms with E-state index in [0.717, 1.165) is 12.0 Å². The van der Waals surface area contributed by atoms with E-state index in [-0.39, 0.29) is 12.5 Å². The number of nitrogens with two attached hydrogens (primary N) is 1. The summed E-state index contributed by atoms with van der Waals surface area (Å²) in [5, 5.41) is 7.79. The maximum atomic E-state index is 11.5. The van der Waals surface area contributed by atoms with Crippen LogP contribution < -0.4 is 21.7 Å². The van der Waals surface area contributed by atoms with Gasteiger partial charge in [0.05, 0.1) is 6.54 Å². The van der Waals surface area contributed by atoms with Gasteiger partial charge in [-0.05, 0) is 24.1 Å². The summed E-state index contributed by atoms with van der Waals surface area (Å²) in [5.74, 6) is -0.199. The van der Waals surface area contributed by atoms with Crippen molar-refractivity contribution in [2.45, 2.75) is 19.9 Å². The Morgan fingerprint density at radius 1 is 1.16 bits per heavy atom. The summed E-state index contributed by atoms with van der Waals surface area (Å²) in [6.45, 7) is 3.00. The lowest BCUT2D eigenvalue weighted by Gasteiger charge is -2.08. The molecule has 19 heavy (non-hydrogen) atoms. The Labute approximate surface area is 112 Å². The van der Waals surface area contributed by atoms with Gasteiger partial charge in [-0.1, -0.05) is 19.1 Å². The first-order valence-corrected chi connectivity index (χ1v) is 6.26. The highest BCUT2D eigenvalue weighted by Gasteiger charge is 2.04. The van der Waals surface area contributed by atoms with Crippen molar-refractivity contribution >= 4 is 17.6 Å². The van der Waals surface area contributed by atoms with Gasteiger partial charge < -0.3 is 21.7 Å². The van der Waals surface area contributed by atoms with Crippen LogP contribution in [0.25, 0.3) is 0 Å². The van der Waals surface area contributed by atoms with Gasteiger partial charge in [0.2, 0.25) is 5.91 Å². The SMILES string of the molecule is CCCNC(=O)CNC(=O)Nc1ccc(CN)cc1. The number of carbonyl (C=O) groups excluding carboxylic acids is 2. The average Bonchev–Trinajstić information content (AvgIpc) is 2.43. The molecule has 0 aromatic heterocycles. The van der Waals surface area contributed by atoms with E-state index >= 15 is 0 Å². The molecule has 0 aliphatic carbocycles. The quantitative estimate of drug-likeness (QED) is 0.611. The molecule has 0 heterocycles. The molecule has 0 bridgehead atoms. The molecule has 0 fully saturated rings. The lowest BCUT2D eigenvalue weighted by atomic mass is 10.2. The topological polar surface area (TPSA) is 96.2 Å². The van der Waals surface area contributed by atoms with Crippen molar-refractivity contribution in [3.63, 3.8) is 0 Å². The van der Waals surface area contributed by atoms with Gasteiger partial charge in [0.25, 0.3) is 0 Å². The fourth-order valence-electron chi connectivity index (χ4n) is 1.39. The highest BCUT2D eigenvalue weighted by atomic mass is 16.2. The zero-order chi connectivity index (χ0) is 14.1. The molecule has 0 saturated heterocycles. The maximum absolute atomic E-state index is 11.5. The number of hydrogen-bond donors (Lipinski definition) is 4. The van der Waals surface area contributed by atoms with Gasteiger partial charge in [0.15, 0.2) is 0 Å². The predicted molar refractivity (Wildman–Crippen MR) is 74.7 cm³/mol. The highest BCUT2D eigenvalue weighted by Crippen LogP contribution is 2.08. The Balaban J connectivity index is 2.32. The maximum Gasteiger partial charge on any atom is 0.319 e. The molecule has 6 nitrogen and oxygen atoms in total. The standard InChI is InChI=1S/C13H20N4O2/c1-2-7-15-12(18)9-16-13(19)17-11-5-3-10(8-14)4-6-11/h3-6H,2,7-9,14H2,1H3,(H,15,18)(H2,16,17,19). The Bertz CT molecular complexity index is 417. The smallest absolute Gasteiger partial charge is 0.319 e. The van der Waals surface area contributed by atoms with E-state index in [0.29, 0.717) is 18.8 Å². The zero-order valence-electron chi connectivity index (χ0n) is 11.0. The summed E-state index contributed by atoms with van der Waals surface area (Å²) in [6, 6.07) is 6.79. The number of carbonyl (C=O) groups is 2. The largest absolute Gasteiger partial charge is 0.355 e. The van der Waals surface area contributed by atoms with E-state index in [1.54, 1.807) is 12.1 Å². The van der Waals surface area contributed by atoms with Crippen LogP contribution in [0.5, 0.6) is 0 Å². The molecule has 5 N–H and O–H groups in total. The fourth-order valence-corrected chi connectivity index (χ4v) is 1.39. The first-order valence-electron chi connectivity index (χ1n) is 6.26. The second-order valence-electron chi connectivity index (χ2n) is 4.06. The van der Waals surface area contributed by atoms with Crippen LogP contribution in [0.4, 0.5) is 10.5 Å². The summed E-state index contributed by atoms with van der Waals surface area (Å²) < 4.78 is 0. The predicted octanol–water partition coefficient (Wildman–Crippen LogP) is 0.793. The van der Waals surface area contributed by atoms with Crippen molar-refractivity contribution in [3.8, 4) is 0 Å². The summed E-state index contributed by atoms with van der Waals surface area (Å²) in [4.78, 5) is 22.8. The van der Waals surface area contributed by atoms with E-state index < -0.39 is 6.03 Å². The average molecular weight is 264 g/mol. The molecule has 1 rings (SSSR count). The van der Waals surface area contributed by atoms with Crippen LogP contribution in [0.1, 0.15) is 18.9 Å². The van der Waals surface area contributed by atoms with Crippen LogP contribution in [-0.4, -0.2) is 25.0 Å². The fraction of sp³-hybridized carbons (Fsp3) is 0.385. The molecule has 0 atom stereocenters. The third-order valence-electron chi connectivity index (χ3n) is 2.43. The molecule has 3 amide bonds. The number of urea groups is 1. The van der Waals surface area contributed by atoms with Gasteiger partial charge >= 0.3 is 6.03 Å². The number of rotatable bonds is 6. The summed E-state index contributed by atoms with van der Waals surface area (Å²) in [6.07, 6.45) is 0.866. The Hall–Kier alpha value is -2.08. The summed E-state index contributed by atoms with van der Waals surface area (Å²) in [5.41, 5.74) is 7.12. The third kappa shape index (κ3) is 5.87. The number of hydrogen-bond acceptors (Lipinski definition) is 3. The second-order valence-corrected chi connectivity index (χ2v) is 4.06. The van der Waals surface area contributed by atoms with E-state index in [1.807, 2.05) is 19.1 Å². The zero-order valence-corrected chi connectivity index (χ0v) is 11.0. The van der Waals surface area contributed by atoms with Crippen molar-refractivity contribution in [2.24, 2.45) is 5.73 Å². The Morgan fingerprint density at radius 2 is 1.84 bits per heavy atom. The minimum Gasteiger partial charge on any atom is -0.355 e. The minimum absolute atomic E-state index is 0.0350. The first kappa shape index (κ1) is 15.0. The molecule has 0 aliphatic heterocycles. The number of nitrogens with one attached hydrogen (secondary N) is 3. The van der Waals surface area contributed by atoms with Crippen LogP contribution in [0.3, 0.4) is 0 Å². The Morgan fingerprint density at radius 3 is 2.42 bits per heavy atom. The van der Waals surface area contributed by atoms with Crippen molar-refractivity contribution in [3.05, 3.63) is 29.8 Å². The monoisotopic (exact) mass is 264 g/mol. The van der Waals surface area contributed by atoms with E-state index in [1.165, 1.54) is 0 Å². The Kier molecular flexibility index (Phi) is 6.38. The number of anilines is 1. The van der Waals surface area contributed by atoms with Gasteiger partial charge in [-0.25, -0.2) is 4.79 Å². The van der Waals surface area contributed by atoms with Crippen molar-refractivity contribution in [1.82, 2.24) is 10.6 Å². The molecule has 0 radical (unpaired) electrons. The normalized spacial score (nSPS) is 9.79. The third-order valence-corrected chi connectivity index (χ3v) is 2.43. The molecule has 0 saturated carbocycles. The lowest BCUT2D eigenvalue weighted by Crippen LogP contribution is -2.39. The van der Waals surface area contributed by atoms with E-state index in [4.69, 9.17) is 5.73 Å². The van der Waals surface area contributed by atoms with Crippen LogP contribution in [0.2, 0.25) is 0 Å². The summed E-state index contributed by atoms with van der Waals surface area (Å²) in [7, 11) is 0. The van der Waals surface area contributed by atoms with Gasteiger partial charge in [-0.3, -0.25) is 4.79 Å². The van der Waals surface area contributed by atoms with Crippen molar-refractivity contribution in [1.29, 1.82) is 0 Å². The van der Waals surface area contributed by atoms with Gasteiger partial charge in [-0.15, -0.1) is 0 Å². The minimum atomic E-state index is -0.410. The molecular formula is C13H20N4O2. The highest BCUT2D eigenvalue weighted by molar-refractivity contribution is 5.92. The van der Waals surface area contributed by atoms with Crippen LogP contribution in [0, 0.1) is 0 Å². The molecular weight excluding hydrogens is 244 g/mol. The van der Waals surface area contributed by atoms with Crippen LogP contribution in [-0.2, 0) is 11.3 Å². The van der Waals surface area contributed by atoms with Crippen molar-refractivity contribution < 1.29 is 9.59 Å². The molecule has 104 valence electrons. The molecule has 0 spiro atoms. The van der Waals surface area contributed by atoms with Gasteiger partial charge in [-0.2, -0.15) is 0 Å². The summed E-state index contributed by atoms with van der Waals surface area (Å²) >= 11 is 0. The molecule has 6 heteroatoms. The van der Waals surface area contributed by atoms with Gasteiger partial charge in [0, 0.05) is 18.8 Å². The lowest BCUT2D eigenvalue weighted by molar-refractivity contribution is -0.120. The number of benzene rings is 1. The molecule has 1 aromatic rings. The van der Waals surface area contributed by atoms with Crippen LogP contribution in [0.15, 0.2) is 24.3 Å². The molecule has 1 aromatic carbocycles. The second kappa shape index (κ2) is 8.10. The van der Waals surface area contributed by atoms with E-state index in [9.17, 15) is 9.59 Å². The molecule has 0 aliphatic rings. The molecule has 0 unspecified atom stereocenters. The van der Waals surface area contributed by atoms with E-state index in [2.05, 4.69) is 16.0 Å². The van der Waals surface area contributed by atoms with Crippen molar-refractivity contribution in [2.75, 3.05) is 18.4 Å². The first-order chi connectivity index (χ1) is 9.15.